The molecule has 0 bridgehead atoms. The summed E-state index contributed by atoms with van der Waals surface area (Å²) in [6.45, 7) is 4.00. The highest BCUT2D eigenvalue weighted by molar-refractivity contribution is 7.84. The van der Waals surface area contributed by atoms with Gasteiger partial charge in [0.1, 0.15) is 0 Å². The van der Waals surface area contributed by atoms with Gasteiger partial charge in [0, 0.05) is 29.6 Å². The van der Waals surface area contributed by atoms with Crippen LogP contribution in [0.1, 0.15) is 31.7 Å². The zero-order chi connectivity index (χ0) is 13.0. The smallest absolute Gasteiger partial charge is 0.0859 e. The third-order valence-corrected chi connectivity index (χ3v) is 4.56. The standard InChI is InChI=1S/C11H20ClN3OS/c1-4-8(13)6-17(16)7-10-11(12)9(5-2)14-15(10)3/h8H,4-7,13H2,1-3H3. The topological polar surface area (TPSA) is 60.9 Å². The molecule has 4 nitrogen and oxygen atoms in total. The van der Waals surface area contributed by atoms with Gasteiger partial charge in [-0.3, -0.25) is 8.89 Å². The maximum absolute atomic E-state index is 11.9. The largest absolute Gasteiger partial charge is 0.327 e. The third kappa shape index (κ3) is 3.79. The average Bonchev–Trinajstić information content (AvgIpc) is 2.56. The van der Waals surface area contributed by atoms with Crippen molar-refractivity contribution >= 4 is 22.4 Å². The van der Waals surface area contributed by atoms with E-state index in [0.717, 1.165) is 24.2 Å². The molecule has 0 amide bonds. The Morgan fingerprint density at radius 2 is 2.18 bits per heavy atom. The van der Waals surface area contributed by atoms with E-state index >= 15 is 0 Å². The van der Waals surface area contributed by atoms with E-state index in [1.807, 2.05) is 20.9 Å². The van der Waals surface area contributed by atoms with Crippen LogP contribution < -0.4 is 5.73 Å². The molecule has 0 aliphatic heterocycles. The highest BCUT2D eigenvalue weighted by Crippen LogP contribution is 2.22. The first-order chi connectivity index (χ1) is 7.99. The number of hydrogen-bond donors (Lipinski definition) is 1. The molecule has 2 N–H and O–H groups in total. The number of nitrogens with zero attached hydrogens (tertiary/aromatic N) is 2. The Labute approximate surface area is 110 Å². The summed E-state index contributed by atoms with van der Waals surface area (Å²) in [5.41, 5.74) is 7.49. The molecule has 0 aliphatic rings. The summed E-state index contributed by atoms with van der Waals surface area (Å²) in [7, 11) is 0.850. The van der Waals surface area contributed by atoms with Crippen LogP contribution >= 0.6 is 11.6 Å². The van der Waals surface area contributed by atoms with E-state index in [9.17, 15) is 4.21 Å². The maximum Gasteiger partial charge on any atom is 0.0859 e. The van der Waals surface area contributed by atoms with Crippen LogP contribution in [0.3, 0.4) is 0 Å². The highest BCUT2D eigenvalue weighted by atomic mass is 35.5. The first kappa shape index (κ1) is 14.7. The molecule has 2 unspecified atom stereocenters. The van der Waals surface area contributed by atoms with Crippen molar-refractivity contribution in [3.05, 3.63) is 16.4 Å². The second kappa shape index (κ2) is 6.52. The predicted octanol–water partition coefficient (Wildman–Crippen LogP) is 1.62. The molecule has 2 atom stereocenters. The van der Waals surface area contributed by atoms with Crippen molar-refractivity contribution in [3.8, 4) is 0 Å². The minimum Gasteiger partial charge on any atom is -0.327 e. The first-order valence-electron chi connectivity index (χ1n) is 5.80. The molecule has 0 aliphatic carbocycles. The van der Waals surface area contributed by atoms with E-state index in [2.05, 4.69) is 5.10 Å². The fourth-order valence-corrected chi connectivity index (χ4v) is 3.45. The van der Waals surface area contributed by atoms with Gasteiger partial charge in [-0.25, -0.2) is 0 Å². The number of halogens is 1. The lowest BCUT2D eigenvalue weighted by molar-refractivity contribution is 0.658. The van der Waals surface area contributed by atoms with Crippen LogP contribution in [0, 0.1) is 0 Å². The molecule has 6 heteroatoms. The van der Waals surface area contributed by atoms with E-state index < -0.39 is 10.8 Å². The average molecular weight is 278 g/mol. The molecular weight excluding hydrogens is 258 g/mol. The van der Waals surface area contributed by atoms with Gasteiger partial charge in [0.05, 0.1) is 22.2 Å². The minimum absolute atomic E-state index is 0.00604. The maximum atomic E-state index is 11.9. The van der Waals surface area contributed by atoms with Crippen molar-refractivity contribution in [1.29, 1.82) is 0 Å². The molecule has 0 aromatic carbocycles. The first-order valence-corrected chi connectivity index (χ1v) is 7.66. The molecule has 1 aromatic rings. The fourth-order valence-electron chi connectivity index (χ4n) is 1.54. The number of nitrogens with two attached hydrogens (primary N) is 1. The Morgan fingerprint density at radius 1 is 1.53 bits per heavy atom. The quantitative estimate of drug-likeness (QED) is 0.860. The van der Waals surface area contributed by atoms with E-state index in [1.165, 1.54) is 0 Å². The molecule has 0 spiro atoms. The van der Waals surface area contributed by atoms with E-state index in [-0.39, 0.29) is 6.04 Å². The predicted molar refractivity (Wildman–Crippen MR) is 72.6 cm³/mol. The number of aryl methyl sites for hydroxylation is 2. The minimum atomic E-state index is -0.980. The molecule has 0 saturated heterocycles. The summed E-state index contributed by atoms with van der Waals surface area (Å²) < 4.78 is 13.6. The molecule has 0 saturated carbocycles. The Bertz CT molecular complexity index is 406. The SMILES string of the molecule is CCc1nn(C)c(CS(=O)CC(N)CC)c1Cl. The van der Waals surface area contributed by atoms with Gasteiger partial charge in [0.15, 0.2) is 0 Å². The summed E-state index contributed by atoms with van der Waals surface area (Å²) >= 11 is 6.20. The second-order valence-electron chi connectivity index (χ2n) is 4.10. The summed E-state index contributed by atoms with van der Waals surface area (Å²) in [4.78, 5) is 0. The lowest BCUT2D eigenvalue weighted by atomic mass is 10.3. The van der Waals surface area contributed by atoms with Gasteiger partial charge in [0.2, 0.25) is 0 Å². The van der Waals surface area contributed by atoms with Crippen molar-refractivity contribution in [1.82, 2.24) is 9.78 Å². The van der Waals surface area contributed by atoms with Crippen molar-refractivity contribution in [2.24, 2.45) is 12.8 Å². The molecule has 17 heavy (non-hydrogen) atoms. The van der Waals surface area contributed by atoms with Crippen LogP contribution in [-0.4, -0.2) is 25.8 Å². The normalized spacial score (nSPS) is 14.9. The molecular formula is C11H20ClN3OS. The summed E-state index contributed by atoms with van der Waals surface area (Å²) in [6, 6.07) is -0.00604. The summed E-state index contributed by atoms with van der Waals surface area (Å²) in [5, 5.41) is 4.95. The van der Waals surface area contributed by atoms with Gasteiger partial charge in [-0.2, -0.15) is 5.10 Å². The van der Waals surface area contributed by atoms with Gasteiger partial charge in [0.25, 0.3) is 0 Å². The molecule has 1 aromatic heterocycles. The van der Waals surface area contributed by atoms with Gasteiger partial charge in [-0.05, 0) is 12.8 Å². The van der Waals surface area contributed by atoms with E-state index in [0.29, 0.717) is 16.5 Å². The fraction of sp³-hybridized carbons (Fsp3) is 0.727. The Balaban J connectivity index is 2.74. The molecule has 98 valence electrons. The van der Waals surface area contributed by atoms with Crippen LogP contribution in [0.2, 0.25) is 5.02 Å². The monoisotopic (exact) mass is 277 g/mol. The number of hydrogen-bond acceptors (Lipinski definition) is 3. The Hall–Kier alpha value is -0.390. The van der Waals surface area contributed by atoms with Crippen molar-refractivity contribution in [2.45, 2.75) is 38.5 Å². The van der Waals surface area contributed by atoms with Crippen molar-refractivity contribution in [3.63, 3.8) is 0 Å². The lowest BCUT2D eigenvalue weighted by Gasteiger charge is -2.08. The zero-order valence-corrected chi connectivity index (χ0v) is 12.1. The Morgan fingerprint density at radius 3 is 2.65 bits per heavy atom. The molecule has 0 fully saturated rings. The zero-order valence-electron chi connectivity index (χ0n) is 10.6. The van der Waals surface area contributed by atoms with Crippen molar-refractivity contribution < 1.29 is 4.21 Å². The summed E-state index contributed by atoms with van der Waals surface area (Å²) in [5.74, 6) is 0.940. The van der Waals surface area contributed by atoms with Crippen LogP contribution in [0.25, 0.3) is 0 Å². The van der Waals surface area contributed by atoms with Gasteiger partial charge < -0.3 is 5.73 Å². The highest BCUT2D eigenvalue weighted by Gasteiger charge is 2.16. The second-order valence-corrected chi connectivity index (χ2v) is 5.98. The number of aromatic nitrogens is 2. The van der Waals surface area contributed by atoms with Crippen LogP contribution in [0.5, 0.6) is 0 Å². The van der Waals surface area contributed by atoms with E-state index in [1.54, 1.807) is 4.68 Å². The van der Waals surface area contributed by atoms with Gasteiger partial charge in [-0.15, -0.1) is 0 Å². The van der Waals surface area contributed by atoms with Crippen LogP contribution in [-0.2, 0) is 30.0 Å². The molecule has 1 rings (SSSR count). The number of rotatable bonds is 6. The Kier molecular flexibility index (Phi) is 5.62. The third-order valence-electron chi connectivity index (χ3n) is 2.73. The lowest BCUT2D eigenvalue weighted by Crippen LogP contribution is -2.26. The molecule has 0 radical (unpaired) electrons. The molecule has 1 heterocycles. The van der Waals surface area contributed by atoms with E-state index in [4.69, 9.17) is 17.3 Å². The van der Waals surface area contributed by atoms with Crippen LogP contribution in [0.4, 0.5) is 0 Å². The van der Waals surface area contributed by atoms with Gasteiger partial charge in [-0.1, -0.05) is 25.4 Å². The van der Waals surface area contributed by atoms with Crippen LogP contribution in [0.15, 0.2) is 0 Å². The van der Waals surface area contributed by atoms with Crippen molar-refractivity contribution in [2.75, 3.05) is 5.75 Å². The summed E-state index contributed by atoms with van der Waals surface area (Å²) in [6.07, 6.45) is 1.62. The van der Waals surface area contributed by atoms with Gasteiger partial charge >= 0.3 is 0 Å².